The summed E-state index contributed by atoms with van der Waals surface area (Å²) < 4.78 is 28.4. The van der Waals surface area contributed by atoms with Crippen LogP contribution >= 0.6 is 0 Å². The molecule has 0 bridgehead atoms. The van der Waals surface area contributed by atoms with Crippen LogP contribution in [0.3, 0.4) is 0 Å². The molecular formula is C19H40NNaO4S. The predicted molar refractivity (Wildman–Crippen MR) is 111 cm³/mol. The van der Waals surface area contributed by atoms with Crippen molar-refractivity contribution in [2.75, 3.05) is 19.3 Å². The topological polar surface area (TPSA) is 83.5 Å². The molecule has 0 amide bonds. The summed E-state index contributed by atoms with van der Waals surface area (Å²) in [6, 6.07) is 0. The molecular weight excluding hydrogens is 361 g/mol. The number of hydrogen-bond donors (Lipinski definition) is 2. The number of carbonyl (C=O) groups is 1. The van der Waals surface area contributed by atoms with Gasteiger partial charge in [-0.05, 0) is 7.05 Å². The largest absolute Gasteiger partial charge is 0.319 e. The van der Waals surface area contributed by atoms with Crippen LogP contribution < -0.4 is 5.32 Å². The van der Waals surface area contributed by atoms with E-state index in [-0.39, 0.29) is 5.75 Å². The van der Waals surface area contributed by atoms with Crippen molar-refractivity contribution in [3.8, 4) is 0 Å². The molecule has 0 aromatic heterocycles. The number of rotatable bonds is 17. The van der Waals surface area contributed by atoms with Crippen LogP contribution in [-0.2, 0) is 14.9 Å². The van der Waals surface area contributed by atoms with Crippen molar-refractivity contribution < 1.29 is 17.8 Å². The van der Waals surface area contributed by atoms with Crippen molar-refractivity contribution in [1.82, 2.24) is 5.32 Å². The SMILES string of the molecule is CCCCCCCCCCCCCCC[C](=O)[Na].CNCCS(=O)(=O)O. The average molecular weight is 402 g/mol. The van der Waals surface area contributed by atoms with Crippen LogP contribution in [0.25, 0.3) is 0 Å². The van der Waals surface area contributed by atoms with Gasteiger partial charge in [0.2, 0.25) is 0 Å². The Hall–Kier alpha value is 0.540. The Kier molecular flexibility index (Phi) is 24.1. The van der Waals surface area contributed by atoms with Gasteiger partial charge in [-0.2, -0.15) is 8.42 Å². The first-order valence-electron chi connectivity index (χ1n) is 10.4. The monoisotopic (exact) mass is 401 g/mol. The molecule has 2 N–H and O–H groups in total. The van der Waals surface area contributed by atoms with E-state index in [1.165, 1.54) is 77.0 Å². The van der Waals surface area contributed by atoms with Crippen molar-refractivity contribution in [2.45, 2.75) is 96.8 Å². The first-order valence-corrected chi connectivity index (χ1v) is 13.0. The van der Waals surface area contributed by atoms with E-state index in [1.807, 2.05) is 0 Å². The van der Waals surface area contributed by atoms with E-state index in [1.54, 1.807) is 7.05 Å². The summed E-state index contributed by atoms with van der Waals surface area (Å²) in [5.41, 5.74) is 0. The van der Waals surface area contributed by atoms with Crippen LogP contribution in [-0.4, -0.2) is 63.3 Å². The maximum atomic E-state index is 10.8. The van der Waals surface area contributed by atoms with Crippen LogP contribution in [0, 0.1) is 0 Å². The summed E-state index contributed by atoms with van der Waals surface area (Å²) in [7, 11) is -2.13. The van der Waals surface area contributed by atoms with Crippen molar-refractivity contribution in [2.24, 2.45) is 0 Å². The van der Waals surface area contributed by atoms with Crippen LogP contribution in [0.5, 0.6) is 0 Å². The van der Waals surface area contributed by atoms with Crippen molar-refractivity contribution in [3.05, 3.63) is 0 Å². The molecule has 0 radical (unpaired) electrons. The molecule has 0 unspecified atom stereocenters. The molecule has 0 rings (SSSR count). The van der Waals surface area contributed by atoms with Gasteiger partial charge < -0.3 is 5.32 Å². The van der Waals surface area contributed by atoms with Gasteiger partial charge in [0.15, 0.2) is 0 Å². The molecule has 0 atom stereocenters. The molecule has 152 valence electrons. The maximum Gasteiger partial charge on any atom is 0.266 e. The van der Waals surface area contributed by atoms with Gasteiger partial charge in [0, 0.05) is 6.54 Å². The predicted octanol–water partition coefficient (Wildman–Crippen LogP) is 4.26. The minimum atomic E-state index is -3.75. The fraction of sp³-hybridized carbons (Fsp3) is 0.947. The minimum absolute atomic E-state index is 0.219. The molecule has 0 aliphatic heterocycles. The third-order valence-corrected chi connectivity index (χ3v) is 5.46. The average Bonchev–Trinajstić information content (AvgIpc) is 2.57. The second kappa shape index (κ2) is 21.8. The first-order chi connectivity index (χ1) is 12.3. The Labute approximate surface area is 179 Å². The third kappa shape index (κ3) is 32.2. The molecule has 0 fully saturated rings. The van der Waals surface area contributed by atoms with Crippen molar-refractivity contribution in [3.63, 3.8) is 0 Å². The number of nitrogens with one attached hydrogen (secondary N) is 1. The minimum Gasteiger partial charge on any atom is -0.319 e. The summed E-state index contributed by atoms with van der Waals surface area (Å²) in [4.78, 5) is 10.8. The van der Waals surface area contributed by atoms with E-state index in [2.05, 4.69) is 12.2 Å². The zero-order chi connectivity index (χ0) is 20.1. The van der Waals surface area contributed by atoms with Crippen LogP contribution in [0.2, 0.25) is 0 Å². The quantitative estimate of drug-likeness (QED) is 0.216. The Morgan fingerprint density at radius 3 is 1.50 bits per heavy atom. The summed E-state index contributed by atoms with van der Waals surface area (Å²) >= 11 is 0.751. The summed E-state index contributed by atoms with van der Waals surface area (Å²) in [6.07, 6.45) is 18.8. The molecule has 0 saturated carbocycles. The Morgan fingerprint density at radius 1 is 0.846 bits per heavy atom. The van der Waals surface area contributed by atoms with Gasteiger partial charge in [0.25, 0.3) is 10.1 Å². The molecule has 0 spiro atoms. The fourth-order valence-corrected chi connectivity index (χ4v) is 3.44. The molecule has 0 aromatic rings. The molecule has 0 heterocycles. The van der Waals surface area contributed by atoms with E-state index < -0.39 is 10.1 Å². The molecule has 5 nitrogen and oxygen atoms in total. The van der Waals surface area contributed by atoms with E-state index in [4.69, 9.17) is 4.55 Å². The Bertz CT molecular complexity index is 402. The first kappa shape index (κ1) is 28.7. The molecule has 0 aliphatic rings. The molecule has 7 heteroatoms. The number of unbranched alkanes of at least 4 members (excludes halogenated alkanes) is 12. The normalized spacial score (nSPS) is 11.1. The van der Waals surface area contributed by atoms with Gasteiger partial charge in [-0.3, -0.25) is 4.55 Å². The second-order valence-electron chi connectivity index (χ2n) is 7.08. The van der Waals surface area contributed by atoms with Crippen LogP contribution in [0.1, 0.15) is 96.8 Å². The maximum absolute atomic E-state index is 10.8. The number of hydrogen-bond acceptors (Lipinski definition) is 4. The molecule has 0 saturated heterocycles. The smallest absolute Gasteiger partial charge is 0.266 e. The van der Waals surface area contributed by atoms with Gasteiger partial charge in [-0.15, -0.1) is 0 Å². The molecule has 0 aliphatic carbocycles. The van der Waals surface area contributed by atoms with Gasteiger partial charge in [-0.1, -0.05) is 26.2 Å². The van der Waals surface area contributed by atoms with E-state index >= 15 is 0 Å². The van der Waals surface area contributed by atoms with Gasteiger partial charge in [-0.25, -0.2) is 0 Å². The zero-order valence-electron chi connectivity index (χ0n) is 17.4. The Morgan fingerprint density at radius 2 is 1.23 bits per heavy atom. The van der Waals surface area contributed by atoms with Crippen molar-refractivity contribution in [1.29, 1.82) is 0 Å². The van der Waals surface area contributed by atoms with Crippen LogP contribution in [0.15, 0.2) is 0 Å². The standard InChI is InChI=1S/C16H31O.C3H9NO3S.Na/c1-2-3-4-5-6-7-8-9-10-11-12-13-14-15-16-17;1-4-2-3-8(5,6)7;/h2-15H2,1H3;4H,2-3H2,1H3,(H,5,6,7);. The van der Waals surface area contributed by atoms with E-state index in [0.29, 0.717) is 9.58 Å². The third-order valence-electron chi connectivity index (χ3n) is 4.24. The second-order valence-corrected chi connectivity index (χ2v) is 9.77. The summed E-state index contributed by atoms with van der Waals surface area (Å²) in [5.74, 6) is -0.219. The summed E-state index contributed by atoms with van der Waals surface area (Å²) in [6.45, 7) is 2.57. The van der Waals surface area contributed by atoms with Gasteiger partial charge >= 0.3 is 106 Å². The van der Waals surface area contributed by atoms with Gasteiger partial charge in [0.05, 0.1) is 5.75 Å². The molecule has 26 heavy (non-hydrogen) atoms. The Balaban J connectivity index is 0. The fourth-order valence-electron chi connectivity index (χ4n) is 2.62. The van der Waals surface area contributed by atoms with E-state index in [0.717, 1.165) is 40.8 Å². The van der Waals surface area contributed by atoms with Crippen molar-refractivity contribution >= 4 is 41.1 Å². The van der Waals surface area contributed by atoms with Gasteiger partial charge in [0.1, 0.15) is 0 Å². The van der Waals surface area contributed by atoms with Crippen LogP contribution in [0.4, 0.5) is 0 Å². The summed E-state index contributed by atoms with van der Waals surface area (Å²) in [5, 5.41) is 2.59. The number of carbonyl (C=O) groups excluding carboxylic acids is 1. The van der Waals surface area contributed by atoms with E-state index in [9.17, 15) is 13.2 Å². The zero-order valence-corrected chi connectivity index (χ0v) is 20.2. The molecule has 0 aromatic carbocycles.